The molecular formula is C18H21NO6. The Hall–Kier alpha value is -2.83. The third-order valence-corrected chi connectivity index (χ3v) is 4.05. The average Bonchev–Trinajstić information content (AvgIpc) is 2.49. The summed E-state index contributed by atoms with van der Waals surface area (Å²) in [6, 6.07) is 2.18. The minimum atomic E-state index is -1.12. The summed E-state index contributed by atoms with van der Waals surface area (Å²) in [7, 11) is 0. The number of fused-ring (bicyclic) bond motifs is 1. The van der Waals surface area contributed by atoms with Crippen molar-refractivity contribution in [3.05, 3.63) is 39.2 Å². The van der Waals surface area contributed by atoms with E-state index < -0.39 is 23.5 Å². The molecule has 0 spiro atoms. The molecule has 7 nitrogen and oxygen atoms in total. The number of aromatic hydroxyl groups is 1. The smallest absolute Gasteiger partial charge is 0.340 e. The number of carbonyl (C=O) groups excluding carboxylic acids is 1. The second-order valence-corrected chi connectivity index (χ2v) is 6.07. The number of phenolic OH excluding ortho intramolecular Hbond substituents is 1. The molecule has 0 saturated heterocycles. The normalized spacial score (nSPS) is 12.1. The van der Waals surface area contributed by atoms with Crippen LogP contribution in [0.15, 0.2) is 21.3 Å². The minimum absolute atomic E-state index is 0.0349. The van der Waals surface area contributed by atoms with E-state index in [1.807, 2.05) is 6.92 Å². The van der Waals surface area contributed by atoms with E-state index in [0.29, 0.717) is 23.8 Å². The van der Waals surface area contributed by atoms with Crippen molar-refractivity contribution >= 4 is 22.8 Å². The molecule has 3 N–H and O–H groups in total. The summed E-state index contributed by atoms with van der Waals surface area (Å²) in [6.45, 7) is 5.20. The topological polar surface area (TPSA) is 117 Å². The van der Waals surface area contributed by atoms with Gasteiger partial charge in [-0.05, 0) is 43.5 Å². The first-order chi connectivity index (χ1) is 11.7. The number of nitrogens with one attached hydrogen (secondary N) is 1. The molecule has 134 valence electrons. The molecule has 1 atom stereocenters. The molecule has 1 aromatic carbocycles. The van der Waals surface area contributed by atoms with Crippen LogP contribution in [0.2, 0.25) is 0 Å². The minimum Gasteiger partial charge on any atom is -0.507 e. The van der Waals surface area contributed by atoms with E-state index in [1.54, 1.807) is 26.0 Å². The fourth-order valence-corrected chi connectivity index (χ4v) is 2.81. The molecule has 0 aliphatic rings. The van der Waals surface area contributed by atoms with Gasteiger partial charge in [0.15, 0.2) is 0 Å². The maximum atomic E-state index is 12.2. The number of amides is 1. The third-order valence-electron chi connectivity index (χ3n) is 4.05. The molecule has 2 aromatic rings. The van der Waals surface area contributed by atoms with Gasteiger partial charge in [-0.25, -0.2) is 9.59 Å². The van der Waals surface area contributed by atoms with Gasteiger partial charge in [0.05, 0.1) is 17.4 Å². The van der Waals surface area contributed by atoms with Crippen molar-refractivity contribution < 1.29 is 24.2 Å². The lowest BCUT2D eigenvalue weighted by Crippen LogP contribution is -2.41. The van der Waals surface area contributed by atoms with Crippen LogP contribution in [0, 0.1) is 13.8 Å². The van der Waals surface area contributed by atoms with Crippen molar-refractivity contribution in [3.8, 4) is 5.75 Å². The van der Waals surface area contributed by atoms with Gasteiger partial charge in [0.25, 0.3) is 0 Å². The Kier molecular flexibility index (Phi) is 5.46. The van der Waals surface area contributed by atoms with E-state index in [9.17, 15) is 19.5 Å². The van der Waals surface area contributed by atoms with Crippen LogP contribution in [-0.2, 0) is 16.0 Å². The molecule has 1 amide bonds. The second-order valence-electron chi connectivity index (χ2n) is 6.07. The standard InChI is InChI=1S/C18H21NO6/c1-4-5-12(17(22)23)19-15(21)8-11-10(3)16-13(20)6-9(2)7-14(16)25-18(11)24/h6-7,12,20H,4-5,8H2,1-3H3,(H,19,21)(H,22,23)/t12-/m1/s1. The number of carbonyl (C=O) groups is 2. The van der Waals surface area contributed by atoms with Crippen molar-refractivity contribution in [2.45, 2.75) is 46.1 Å². The summed E-state index contributed by atoms with van der Waals surface area (Å²) in [5.74, 6) is -1.74. The average molecular weight is 347 g/mol. The zero-order valence-corrected chi connectivity index (χ0v) is 14.4. The highest BCUT2D eigenvalue weighted by Crippen LogP contribution is 2.29. The molecule has 25 heavy (non-hydrogen) atoms. The van der Waals surface area contributed by atoms with Gasteiger partial charge in [-0.15, -0.1) is 0 Å². The molecule has 0 aliphatic heterocycles. The molecule has 0 unspecified atom stereocenters. The van der Waals surface area contributed by atoms with E-state index in [4.69, 9.17) is 9.52 Å². The molecule has 1 heterocycles. The Morgan fingerprint density at radius 2 is 1.96 bits per heavy atom. The number of carboxylic acids is 1. The Labute approximate surface area is 144 Å². The summed E-state index contributed by atoms with van der Waals surface area (Å²) in [5.41, 5.74) is 0.860. The summed E-state index contributed by atoms with van der Waals surface area (Å²) < 4.78 is 5.22. The van der Waals surface area contributed by atoms with E-state index in [2.05, 4.69) is 5.32 Å². The lowest BCUT2D eigenvalue weighted by Gasteiger charge is -2.14. The van der Waals surface area contributed by atoms with Crippen molar-refractivity contribution in [1.82, 2.24) is 5.32 Å². The molecule has 7 heteroatoms. The van der Waals surface area contributed by atoms with Gasteiger partial charge in [-0.1, -0.05) is 13.3 Å². The third kappa shape index (κ3) is 3.99. The highest BCUT2D eigenvalue weighted by Gasteiger charge is 2.22. The molecule has 0 aliphatic carbocycles. The Balaban J connectivity index is 2.37. The van der Waals surface area contributed by atoms with Gasteiger partial charge in [0.2, 0.25) is 5.91 Å². The molecule has 0 radical (unpaired) electrons. The summed E-state index contributed by atoms with van der Waals surface area (Å²) in [4.78, 5) is 35.5. The molecular weight excluding hydrogens is 326 g/mol. The zero-order valence-electron chi connectivity index (χ0n) is 14.4. The Morgan fingerprint density at radius 1 is 1.28 bits per heavy atom. The lowest BCUT2D eigenvalue weighted by atomic mass is 10.0. The van der Waals surface area contributed by atoms with E-state index in [1.165, 1.54) is 0 Å². The van der Waals surface area contributed by atoms with E-state index in [0.717, 1.165) is 5.56 Å². The van der Waals surface area contributed by atoms with Gasteiger partial charge in [-0.2, -0.15) is 0 Å². The first-order valence-electron chi connectivity index (χ1n) is 8.02. The van der Waals surface area contributed by atoms with Crippen molar-refractivity contribution in [2.75, 3.05) is 0 Å². The fourth-order valence-electron chi connectivity index (χ4n) is 2.81. The van der Waals surface area contributed by atoms with Gasteiger partial charge >= 0.3 is 11.6 Å². The number of rotatable bonds is 6. The first-order valence-corrected chi connectivity index (χ1v) is 8.02. The monoisotopic (exact) mass is 347 g/mol. The highest BCUT2D eigenvalue weighted by atomic mass is 16.4. The van der Waals surface area contributed by atoms with E-state index in [-0.39, 0.29) is 23.3 Å². The number of aliphatic carboxylic acids is 1. The van der Waals surface area contributed by atoms with Gasteiger partial charge in [0.1, 0.15) is 17.4 Å². The Morgan fingerprint density at radius 3 is 2.56 bits per heavy atom. The molecule has 0 bridgehead atoms. The first kappa shape index (κ1) is 18.5. The van der Waals surface area contributed by atoms with Crippen molar-refractivity contribution in [1.29, 1.82) is 0 Å². The van der Waals surface area contributed by atoms with Crippen LogP contribution in [0.1, 0.15) is 36.5 Å². The number of phenols is 1. The van der Waals surface area contributed by atoms with Crippen LogP contribution >= 0.6 is 0 Å². The molecule has 2 rings (SSSR count). The second kappa shape index (κ2) is 7.38. The number of hydrogen-bond donors (Lipinski definition) is 3. The fraction of sp³-hybridized carbons (Fsp3) is 0.389. The number of hydrogen-bond acceptors (Lipinski definition) is 5. The predicted octanol–water partition coefficient (Wildman–Crippen LogP) is 2.03. The molecule has 1 aromatic heterocycles. The van der Waals surface area contributed by atoms with E-state index >= 15 is 0 Å². The Bertz CT molecular complexity index is 883. The largest absolute Gasteiger partial charge is 0.507 e. The summed E-state index contributed by atoms with van der Waals surface area (Å²) in [6.07, 6.45) is 0.582. The highest BCUT2D eigenvalue weighted by molar-refractivity contribution is 5.90. The van der Waals surface area contributed by atoms with Crippen LogP contribution in [0.4, 0.5) is 0 Å². The summed E-state index contributed by atoms with van der Waals surface area (Å²) >= 11 is 0. The SMILES string of the molecule is CCC[C@@H](NC(=O)Cc1c(C)c2c(O)cc(C)cc2oc1=O)C(=O)O. The van der Waals surface area contributed by atoms with Gasteiger partial charge < -0.3 is 19.9 Å². The number of benzene rings is 1. The lowest BCUT2D eigenvalue weighted by molar-refractivity contribution is -0.141. The van der Waals surface area contributed by atoms with Crippen LogP contribution in [0.3, 0.4) is 0 Å². The number of carboxylic acid groups (broad SMARTS) is 1. The maximum absolute atomic E-state index is 12.2. The molecule has 0 saturated carbocycles. The van der Waals surface area contributed by atoms with Crippen LogP contribution in [0.25, 0.3) is 11.0 Å². The van der Waals surface area contributed by atoms with Crippen LogP contribution < -0.4 is 10.9 Å². The predicted molar refractivity (Wildman–Crippen MR) is 91.8 cm³/mol. The van der Waals surface area contributed by atoms with Crippen molar-refractivity contribution in [2.24, 2.45) is 0 Å². The van der Waals surface area contributed by atoms with Gasteiger partial charge in [-0.3, -0.25) is 4.79 Å². The quantitative estimate of drug-likeness (QED) is 0.688. The summed E-state index contributed by atoms with van der Waals surface area (Å²) in [5, 5.41) is 22.0. The molecule has 0 fully saturated rings. The van der Waals surface area contributed by atoms with Crippen LogP contribution in [0.5, 0.6) is 5.75 Å². The van der Waals surface area contributed by atoms with Gasteiger partial charge in [0, 0.05) is 0 Å². The maximum Gasteiger partial charge on any atom is 0.340 e. The van der Waals surface area contributed by atoms with Crippen LogP contribution in [-0.4, -0.2) is 28.1 Å². The number of aryl methyl sites for hydroxylation is 2. The zero-order chi connectivity index (χ0) is 18.7. The van der Waals surface area contributed by atoms with Crippen molar-refractivity contribution in [3.63, 3.8) is 0 Å².